The molecule has 0 aliphatic carbocycles. The summed E-state index contributed by atoms with van der Waals surface area (Å²) in [5, 5.41) is 13.3. The van der Waals surface area contributed by atoms with Crippen LogP contribution in [0.2, 0.25) is 0 Å². The van der Waals surface area contributed by atoms with Crippen LogP contribution in [0.15, 0.2) is 83.8 Å². The van der Waals surface area contributed by atoms with Crippen LogP contribution < -0.4 is 5.32 Å². The zero-order chi connectivity index (χ0) is 27.4. The summed E-state index contributed by atoms with van der Waals surface area (Å²) in [6.45, 7) is 1.91. The lowest BCUT2D eigenvalue weighted by molar-refractivity contribution is -0.144. The Balaban J connectivity index is 1.24. The molecule has 206 valence electrons. The summed E-state index contributed by atoms with van der Waals surface area (Å²) in [5.74, 6) is -0.169. The zero-order valence-electron chi connectivity index (χ0n) is 21.9. The monoisotopic (exact) mass is 550 g/mol. The Bertz CT molecular complexity index is 1380. The second-order valence-corrected chi connectivity index (χ2v) is 12.1. The van der Waals surface area contributed by atoms with Gasteiger partial charge in [-0.2, -0.15) is 4.31 Å². The maximum Gasteiger partial charge on any atom is 0.243 e. The van der Waals surface area contributed by atoms with Gasteiger partial charge in [-0.15, -0.1) is 0 Å². The Kier molecular flexibility index (Phi) is 8.44. The second-order valence-electron chi connectivity index (χ2n) is 10.2. The van der Waals surface area contributed by atoms with Gasteiger partial charge in [-0.1, -0.05) is 54.6 Å². The van der Waals surface area contributed by atoms with Gasteiger partial charge in [-0.25, -0.2) is 8.42 Å². The van der Waals surface area contributed by atoms with Crippen molar-refractivity contribution in [3.8, 4) is 11.1 Å². The van der Waals surface area contributed by atoms with Gasteiger partial charge in [-0.3, -0.25) is 4.79 Å². The molecule has 2 saturated heterocycles. The lowest BCUT2D eigenvalue weighted by Crippen LogP contribution is -2.57. The average Bonchev–Trinajstić information content (AvgIpc) is 2.92. The molecule has 5 rings (SSSR count). The lowest BCUT2D eigenvalue weighted by Gasteiger charge is -2.43. The summed E-state index contributed by atoms with van der Waals surface area (Å²) < 4.78 is 40.5. The molecule has 2 fully saturated rings. The fourth-order valence-electron chi connectivity index (χ4n) is 5.28. The van der Waals surface area contributed by atoms with Gasteiger partial charge in [0.25, 0.3) is 0 Å². The topological polar surface area (TPSA) is 105 Å². The van der Waals surface area contributed by atoms with E-state index in [1.165, 1.54) is 4.31 Å². The maximum absolute atomic E-state index is 13.6. The van der Waals surface area contributed by atoms with Crippen LogP contribution in [0.1, 0.15) is 24.8 Å². The molecule has 9 heteroatoms. The summed E-state index contributed by atoms with van der Waals surface area (Å²) in [5.41, 5.74) is 3.71. The van der Waals surface area contributed by atoms with Crippen molar-refractivity contribution in [1.29, 1.82) is 0 Å². The summed E-state index contributed by atoms with van der Waals surface area (Å²) in [7, 11) is -3.87. The largest absolute Gasteiger partial charge is 0.389 e. The number of carbonyl (C=O) groups is 1. The van der Waals surface area contributed by atoms with Crippen LogP contribution in [0.4, 0.5) is 5.69 Å². The molecule has 39 heavy (non-hydrogen) atoms. The molecule has 2 N–H and O–H groups in total. The van der Waals surface area contributed by atoms with E-state index in [9.17, 15) is 18.3 Å². The van der Waals surface area contributed by atoms with E-state index in [2.05, 4.69) is 5.32 Å². The molecule has 0 aromatic heterocycles. The van der Waals surface area contributed by atoms with Gasteiger partial charge in [-0.05, 0) is 60.7 Å². The van der Waals surface area contributed by atoms with Gasteiger partial charge in [0.1, 0.15) is 0 Å². The van der Waals surface area contributed by atoms with Crippen LogP contribution in [0.3, 0.4) is 0 Å². The maximum atomic E-state index is 13.6. The molecule has 0 radical (unpaired) electrons. The number of ether oxygens (including phenoxy) is 2. The molecule has 0 spiro atoms. The Hall–Kier alpha value is -3.08. The Morgan fingerprint density at radius 3 is 2.46 bits per heavy atom. The predicted molar refractivity (Wildman–Crippen MR) is 149 cm³/mol. The summed E-state index contributed by atoms with van der Waals surface area (Å²) in [6.07, 6.45) is -0.702. The first-order chi connectivity index (χ1) is 18.8. The van der Waals surface area contributed by atoms with E-state index in [1.807, 2.05) is 67.6 Å². The number of amides is 1. The predicted octanol–water partition coefficient (Wildman–Crippen LogP) is 3.99. The van der Waals surface area contributed by atoms with Crippen LogP contribution in [0.25, 0.3) is 11.1 Å². The summed E-state index contributed by atoms with van der Waals surface area (Å²) in [4.78, 5) is 13.0. The molecular weight excluding hydrogens is 516 g/mol. The molecule has 2 heterocycles. The molecule has 0 saturated carbocycles. The fourth-order valence-corrected chi connectivity index (χ4v) is 7.10. The molecule has 0 bridgehead atoms. The Morgan fingerprint density at radius 1 is 0.974 bits per heavy atom. The van der Waals surface area contributed by atoms with E-state index in [0.29, 0.717) is 18.5 Å². The number of hydrogen-bond acceptors (Lipinski definition) is 6. The standard InChI is InChI=1S/C30H34N2O6S/c1-21-6-5-9-27(16-21)39(35,36)32-18-25(33)19-37-20-29-28(32)15-14-26(38-29)17-30(34)31-24-12-10-23(11-13-24)22-7-3-2-4-8-22/h2-13,16,25-26,28-29,33H,14-15,17-20H2,1H3,(H,31,34)/t25-,26-,28+,29-/m1/s1. The quantitative estimate of drug-likeness (QED) is 0.481. The van der Waals surface area contributed by atoms with E-state index in [-0.39, 0.29) is 43.1 Å². The first-order valence-corrected chi connectivity index (χ1v) is 14.7. The highest BCUT2D eigenvalue weighted by molar-refractivity contribution is 7.89. The van der Waals surface area contributed by atoms with Crippen molar-refractivity contribution in [2.24, 2.45) is 0 Å². The second kappa shape index (κ2) is 12.0. The summed E-state index contributed by atoms with van der Waals surface area (Å²) >= 11 is 0. The van der Waals surface area contributed by atoms with Crippen molar-refractivity contribution >= 4 is 21.6 Å². The van der Waals surface area contributed by atoms with Crippen LogP contribution in [0, 0.1) is 6.92 Å². The summed E-state index contributed by atoms with van der Waals surface area (Å²) in [6, 6.07) is 24.0. The highest BCUT2D eigenvalue weighted by Gasteiger charge is 2.43. The van der Waals surface area contributed by atoms with E-state index >= 15 is 0 Å². The number of fused-ring (bicyclic) bond motifs is 1. The minimum absolute atomic E-state index is 0.0105. The van der Waals surface area contributed by atoms with E-state index in [4.69, 9.17) is 9.47 Å². The molecular formula is C30H34N2O6S. The number of aryl methyl sites for hydroxylation is 1. The van der Waals surface area contributed by atoms with E-state index in [0.717, 1.165) is 16.7 Å². The number of anilines is 1. The SMILES string of the molecule is Cc1cccc(S(=O)(=O)N2C[C@@H](O)COC[C@H]3O[C@@H](CC(=O)Nc4ccc(-c5ccccc5)cc4)CC[C@@H]32)c1. The molecule has 2 aliphatic heterocycles. The normalized spacial score (nSPS) is 24.3. The third kappa shape index (κ3) is 6.57. The number of aliphatic hydroxyl groups is 1. The number of β-amino-alcohol motifs (C(OH)–C–C–N with tert-alkyl or cyclic N) is 1. The number of sulfonamides is 1. The molecule has 3 aromatic rings. The minimum atomic E-state index is -3.87. The number of nitrogens with zero attached hydrogens (tertiary/aromatic N) is 1. The molecule has 8 nitrogen and oxygen atoms in total. The van der Waals surface area contributed by atoms with Gasteiger partial charge in [0.15, 0.2) is 0 Å². The van der Waals surface area contributed by atoms with Crippen molar-refractivity contribution in [1.82, 2.24) is 4.31 Å². The molecule has 3 aromatic carbocycles. The highest BCUT2D eigenvalue weighted by atomic mass is 32.2. The van der Waals surface area contributed by atoms with Crippen LogP contribution in [-0.2, 0) is 24.3 Å². The third-order valence-corrected chi connectivity index (χ3v) is 9.11. The van der Waals surface area contributed by atoms with Gasteiger partial charge < -0.3 is 19.9 Å². The highest BCUT2D eigenvalue weighted by Crippen LogP contribution is 2.32. The van der Waals surface area contributed by atoms with Crippen LogP contribution in [0.5, 0.6) is 0 Å². The van der Waals surface area contributed by atoms with Crippen molar-refractivity contribution in [2.75, 3.05) is 25.1 Å². The van der Waals surface area contributed by atoms with E-state index < -0.39 is 28.3 Å². The molecule has 4 atom stereocenters. The smallest absolute Gasteiger partial charge is 0.243 e. The molecule has 2 aliphatic rings. The first kappa shape index (κ1) is 27.5. The number of aliphatic hydroxyl groups excluding tert-OH is 1. The zero-order valence-corrected chi connectivity index (χ0v) is 22.7. The van der Waals surface area contributed by atoms with Crippen molar-refractivity contribution in [3.63, 3.8) is 0 Å². The fraction of sp³-hybridized carbons (Fsp3) is 0.367. The van der Waals surface area contributed by atoms with Crippen LogP contribution in [-0.4, -0.2) is 67.8 Å². The van der Waals surface area contributed by atoms with Gasteiger partial charge in [0.2, 0.25) is 15.9 Å². The minimum Gasteiger partial charge on any atom is -0.389 e. The Labute approximate surface area is 229 Å². The third-order valence-electron chi connectivity index (χ3n) is 7.22. The lowest BCUT2D eigenvalue weighted by atomic mass is 9.96. The average molecular weight is 551 g/mol. The van der Waals surface area contributed by atoms with Crippen molar-refractivity contribution in [3.05, 3.63) is 84.4 Å². The molecule has 1 amide bonds. The van der Waals surface area contributed by atoms with Crippen molar-refractivity contribution in [2.45, 2.75) is 55.4 Å². The van der Waals surface area contributed by atoms with Crippen molar-refractivity contribution < 1.29 is 27.8 Å². The van der Waals surface area contributed by atoms with Gasteiger partial charge in [0.05, 0.1) is 48.9 Å². The number of benzene rings is 3. The molecule has 0 unspecified atom stereocenters. The number of hydrogen-bond donors (Lipinski definition) is 2. The van der Waals surface area contributed by atoms with E-state index in [1.54, 1.807) is 18.2 Å². The Morgan fingerprint density at radius 2 is 1.72 bits per heavy atom. The van der Waals surface area contributed by atoms with Gasteiger partial charge >= 0.3 is 0 Å². The first-order valence-electron chi connectivity index (χ1n) is 13.2. The van der Waals surface area contributed by atoms with Gasteiger partial charge in [0, 0.05) is 12.2 Å². The number of nitrogens with one attached hydrogen (secondary N) is 1. The number of rotatable bonds is 6. The van der Waals surface area contributed by atoms with Crippen LogP contribution >= 0.6 is 0 Å². The number of carbonyl (C=O) groups excluding carboxylic acids is 1.